The molecule has 0 aromatic heterocycles. The van der Waals surface area contributed by atoms with Gasteiger partial charge in [0.05, 0.1) is 39.1 Å². The van der Waals surface area contributed by atoms with Crippen molar-refractivity contribution in [2.45, 2.75) is 95.7 Å². The molecule has 2 aliphatic rings. The maximum atomic E-state index is 11.9. The second-order valence-electron chi connectivity index (χ2n) is 11.6. The molecular weight excluding hydrogens is 556 g/mol. The van der Waals surface area contributed by atoms with Crippen LogP contribution in [0.3, 0.4) is 0 Å². The van der Waals surface area contributed by atoms with E-state index in [1.54, 1.807) is 0 Å². The van der Waals surface area contributed by atoms with Crippen LogP contribution in [-0.4, -0.2) is 49.9 Å². The van der Waals surface area contributed by atoms with E-state index in [9.17, 15) is 4.79 Å². The Morgan fingerprint density at radius 2 is 1.27 bits per heavy atom. The number of esters is 1. The number of hydrogen-bond acceptors (Lipinski definition) is 7. The number of rotatable bonds is 14. The molecule has 3 aromatic carbocycles. The third-order valence-corrected chi connectivity index (χ3v) is 8.46. The fourth-order valence-electron chi connectivity index (χ4n) is 6.03. The van der Waals surface area contributed by atoms with Gasteiger partial charge in [0.2, 0.25) is 0 Å². The smallest absolute Gasteiger partial charge is 0.305 e. The molecule has 1 saturated heterocycles. The standard InChI is InChI=1S/C37H45O7/c1-27-34(40-24-28-14-6-3-7-15-28)35(41-25-29-16-8-4-9-17-29)36(42-26-30-18-10-5-11-19-30)37(43-27)44-32-21-13-12-20-31(32)22-23-33(38)39-2/h3-11,14-19,21,27,31-32,34-37H,12-13,20,22-26H2,1-2H3/t27-,31+,32+,34+,35+,36-,37-/m0/s1. The first-order valence-electron chi connectivity index (χ1n) is 15.8. The Labute approximate surface area is 261 Å². The molecule has 0 amide bonds. The lowest BCUT2D eigenvalue weighted by Gasteiger charge is -2.46. The van der Waals surface area contributed by atoms with Crippen molar-refractivity contribution in [1.82, 2.24) is 0 Å². The Kier molecular flexibility index (Phi) is 12.4. The predicted molar refractivity (Wildman–Crippen MR) is 167 cm³/mol. The summed E-state index contributed by atoms with van der Waals surface area (Å²) in [6.07, 6.45) is 3.66. The minimum Gasteiger partial charge on any atom is -0.469 e. The third-order valence-electron chi connectivity index (χ3n) is 8.46. The Morgan fingerprint density at radius 1 is 0.750 bits per heavy atom. The summed E-state index contributed by atoms with van der Waals surface area (Å²) in [7, 11) is 1.43. The van der Waals surface area contributed by atoms with Crippen LogP contribution in [0.4, 0.5) is 0 Å². The summed E-state index contributed by atoms with van der Waals surface area (Å²) >= 11 is 0. The maximum absolute atomic E-state index is 11.9. The van der Waals surface area contributed by atoms with Gasteiger partial charge in [-0.15, -0.1) is 0 Å². The number of carbonyl (C=O) groups excluding carboxylic acids is 1. The SMILES string of the molecule is COC(=O)CC[C@H]1CCC[CH][C@H]1O[C@@H]1O[C@@H](C)[C@@H](OCc2ccccc2)[C@@H](OCc2ccccc2)[C@@H]1OCc1ccccc1. The molecule has 0 N–H and O–H groups in total. The van der Waals surface area contributed by atoms with Crippen molar-refractivity contribution in [3.63, 3.8) is 0 Å². The van der Waals surface area contributed by atoms with Crippen molar-refractivity contribution in [3.8, 4) is 0 Å². The first kappa shape index (κ1) is 32.3. The Bertz CT molecular complexity index is 1240. The van der Waals surface area contributed by atoms with E-state index in [0.29, 0.717) is 32.7 Å². The first-order chi connectivity index (χ1) is 21.6. The molecule has 2 fully saturated rings. The highest BCUT2D eigenvalue weighted by Crippen LogP contribution is 2.36. The van der Waals surface area contributed by atoms with E-state index in [2.05, 4.69) is 30.7 Å². The second kappa shape index (κ2) is 16.8. The van der Waals surface area contributed by atoms with Crippen molar-refractivity contribution >= 4 is 5.97 Å². The van der Waals surface area contributed by atoms with Gasteiger partial charge in [-0.2, -0.15) is 0 Å². The van der Waals surface area contributed by atoms with Crippen molar-refractivity contribution in [2.75, 3.05) is 7.11 Å². The molecule has 7 atom stereocenters. The zero-order valence-electron chi connectivity index (χ0n) is 25.8. The summed E-state index contributed by atoms with van der Waals surface area (Å²) in [5.74, 6) is -0.0130. The summed E-state index contributed by atoms with van der Waals surface area (Å²) in [4.78, 5) is 11.9. The van der Waals surface area contributed by atoms with Crippen LogP contribution in [0.15, 0.2) is 91.0 Å². The molecule has 3 aromatic rings. The molecule has 7 heteroatoms. The molecule has 0 spiro atoms. The van der Waals surface area contributed by atoms with E-state index < -0.39 is 24.6 Å². The molecule has 5 rings (SSSR count). The van der Waals surface area contributed by atoms with Crippen molar-refractivity contribution in [2.24, 2.45) is 5.92 Å². The summed E-state index contributed by atoms with van der Waals surface area (Å²) in [5, 5.41) is 0. The number of benzene rings is 3. The minimum absolute atomic E-state index is 0.176. The van der Waals surface area contributed by atoms with E-state index in [0.717, 1.165) is 36.0 Å². The van der Waals surface area contributed by atoms with Crippen LogP contribution in [-0.2, 0) is 53.0 Å². The molecule has 235 valence electrons. The van der Waals surface area contributed by atoms with E-state index in [1.165, 1.54) is 7.11 Å². The molecule has 1 heterocycles. The monoisotopic (exact) mass is 601 g/mol. The van der Waals surface area contributed by atoms with E-state index in [1.807, 2.05) is 73.7 Å². The average Bonchev–Trinajstić information content (AvgIpc) is 3.07. The van der Waals surface area contributed by atoms with Crippen molar-refractivity contribution in [1.29, 1.82) is 0 Å². The molecule has 0 bridgehead atoms. The van der Waals surface area contributed by atoms with Gasteiger partial charge in [-0.05, 0) is 55.2 Å². The first-order valence-corrected chi connectivity index (χ1v) is 15.8. The molecular formula is C37H45O7. The lowest BCUT2D eigenvalue weighted by molar-refractivity contribution is -0.330. The van der Waals surface area contributed by atoms with Crippen LogP contribution in [0.2, 0.25) is 0 Å². The normalized spacial score (nSPS) is 27.1. The van der Waals surface area contributed by atoms with Gasteiger partial charge in [0.15, 0.2) is 6.29 Å². The van der Waals surface area contributed by atoms with Crippen LogP contribution in [0.5, 0.6) is 0 Å². The molecule has 1 aliphatic heterocycles. The minimum atomic E-state index is -0.689. The fourth-order valence-corrected chi connectivity index (χ4v) is 6.03. The number of ether oxygens (including phenoxy) is 6. The molecule has 7 nitrogen and oxygen atoms in total. The highest BCUT2D eigenvalue weighted by Gasteiger charge is 2.48. The van der Waals surface area contributed by atoms with E-state index >= 15 is 0 Å². The zero-order chi connectivity index (χ0) is 30.6. The number of methoxy groups -OCH3 is 1. The Balaban J connectivity index is 1.39. The molecule has 1 radical (unpaired) electrons. The third kappa shape index (κ3) is 9.22. The predicted octanol–water partition coefficient (Wildman–Crippen LogP) is 6.83. The maximum Gasteiger partial charge on any atom is 0.305 e. The largest absolute Gasteiger partial charge is 0.469 e. The second-order valence-corrected chi connectivity index (χ2v) is 11.6. The summed E-state index contributed by atoms with van der Waals surface area (Å²) in [6.45, 7) is 3.21. The van der Waals surface area contributed by atoms with Crippen LogP contribution < -0.4 is 0 Å². The Morgan fingerprint density at radius 3 is 1.82 bits per heavy atom. The van der Waals surface area contributed by atoms with Gasteiger partial charge in [-0.25, -0.2) is 0 Å². The Hall–Kier alpha value is -3.07. The van der Waals surface area contributed by atoms with Crippen LogP contribution in [0.1, 0.15) is 55.7 Å². The highest BCUT2D eigenvalue weighted by atomic mass is 16.7. The van der Waals surface area contributed by atoms with Gasteiger partial charge in [0.1, 0.15) is 18.3 Å². The van der Waals surface area contributed by atoms with Crippen LogP contribution >= 0.6 is 0 Å². The van der Waals surface area contributed by atoms with Crippen LogP contribution in [0.25, 0.3) is 0 Å². The summed E-state index contributed by atoms with van der Waals surface area (Å²) < 4.78 is 38.2. The zero-order valence-corrected chi connectivity index (χ0v) is 25.8. The number of carbonyl (C=O) groups is 1. The van der Waals surface area contributed by atoms with E-state index in [4.69, 9.17) is 28.4 Å². The summed E-state index contributed by atoms with van der Waals surface area (Å²) in [5.41, 5.74) is 3.19. The lowest BCUT2D eigenvalue weighted by Crippen LogP contribution is -2.60. The van der Waals surface area contributed by atoms with E-state index in [-0.39, 0.29) is 24.1 Å². The quantitative estimate of drug-likeness (QED) is 0.188. The molecule has 0 unspecified atom stereocenters. The molecule has 44 heavy (non-hydrogen) atoms. The van der Waals surface area contributed by atoms with Crippen molar-refractivity contribution in [3.05, 3.63) is 114 Å². The summed E-state index contributed by atoms with van der Waals surface area (Å²) in [6, 6.07) is 30.3. The topological polar surface area (TPSA) is 72.5 Å². The number of hydrogen-bond donors (Lipinski definition) is 0. The molecule has 1 saturated carbocycles. The van der Waals surface area contributed by atoms with Crippen LogP contribution in [0, 0.1) is 12.3 Å². The molecule has 1 aliphatic carbocycles. The van der Waals surface area contributed by atoms with Gasteiger partial charge in [0.25, 0.3) is 0 Å². The van der Waals surface area contributed by atoms with Gasteiger partial charge in [-0.1, -0.05) is 97.4 Å². The van der Waals surface area contributed by atoms with Gasteiger partial charge in [0, 0.05) is 6.42 Å². The fraction of sp³-hybridized carbons (Fsp3) is 0.459. The average molecular weight is 602 g/mol. The van der Waals surface area contributed by atoms with Gasteiger partial charge >= 0.3 is 5.97 Å². The van der Waals surface area contributed by atoms with Gasteiger partial charge < -0.3 is 28.4 Å². The lowest BCUT2D eigenvalue weighted by atomic mass is 9.83. The van der Waals surface area contributed by atoms with Crippen molar-refractivity contribution < 1.29 is 33.2 Å². The highest BCUT2D eigenvalue weighted by molar-refractivity contribution is 5.69. The van der Waals surface area contributed by atoms with Gasteiger partial charge in [-0.3, -0.25) is 4.79 Å².